The van der Waals surface area contributed by atoms with Crippen molar-refractivity contribution in [2.45, 2.75) is 32.6 Å². The first kappa shape index (κ1) is 10.5. The molecule has 0 spiro atoms. The van der Waals surface area contributed by atoms with Gasteiger partial charge in [-0.05, 0) is 25.2 Å². The van der Waals surface area contributed by atoms with Crippen molar-refractivity contribution in [3.05, 3.63) is 0 Å². The molecule has 1 aliphatic rings. The third-order valence-corrected chi connectivity index (χ3v) is 2.94. The van der Waals surface area contributed by atoms with E-state index >= 15 is 0 Å². The van der Waals surface area contributed by atoms with Crippen molar-refractivity contribution >= 4 is 5.91 Å². The predicted octanol–water partition coefficient (Wildman–Crippen LogP) is 0.888. The Morgan fingerprint density at radius 3 is 2.69 bits per heavy atom. The van der Waals surface area contributed by atoms with Crippen molar-refractivity contribution in [1.82, 2.24) is 5.32 Å². The number of hydrogen-bond donors (Lipinski definition) is 2. The van der Waals surface area contributed by atoms with Crippen LogP contribution in [0.15, 0.2) is 0 Å². The molecule has 0 aliphatic heterocycles. The summed E-state index contributed by atoms with van der Waals surface area (Å²) in [4.78, 5) is 11.5. The first-order chi connectivity index (χ1) is 6.27. The smallest absolute Gasteiger partial charge is 0.224 e. The molecule has 0 aromatic rings. The first-order valence-electron chi connectivity index (χ1n) is 5.25. The minimum atomic E-state index is 0.0140. The van der Waals surface area contributed by atoms with Gasteiger partial charge in [0.05, 0.1) is 0 Å². The quantitative estimate of drug-likeness (QED) is 0.666. The Kier molecular flexibility index (Phi) is 4.22. The standard InChI is InChI=1S/C10H20N2O/c1-2-9(6-11)10(13)12-7-8-4-3-5-8/h8-9H,2-7,11H2,1H3,(H,12,13). The molecule has 1 saturated carbocycles. The van der Waals surface area contributed by atoms with E-state index in [-0.39, 0.29) is 11.8 Å². The molecule has 1 atom stereocenters. The van der Waals surface area contributed by atoms with Crippen LogP contribution >= 0.6 is 0 Å². The van der Waals surface area contributed by atoms with Crippen LogP contribution < -0.4 is 11.1 Å². The number of rotatable bonds is 5. The summed E-state index contributed by atoms with van der Waals surface area (Å²) in [6.07, 6.45) is 4.72. The van der Waals surface area contributed by atoms with Gasteiger partial charge < -0.3 is 11.1 Å². The molecule has 0 radical (unpaired) electrons. The molecule has 0 aromatic heterocycles. The maximum Gasteiger partial charge on any atom is 0.224 e. The lowest BCUT2D eigenvalue weighted by molar-refractivity contribution is -0.125. The van der Waals surface area contributed by atoms with E-state index in [1.165, 1.54) is 19.3 Å². The summed E-state index contributed by atoms with van der Waals surface area (Å²) in [5, 5.41) is 2.97. The van der Waals surface area contributed by atoms with Gasteiger partial charge in [-0.25, -0.2) is 0 Å². The fraction of sp³-hybridized carbons (Fsp3) is 0.900. The molecule has 0 aromatic carbocycles. The van der Waals surface area contributed by atoms with Crippen molar-refractivity contribution in [1.29, 1.82) is 0 Å². The van der Waals surface area contributed by atoms with E-state index in [0.717, 1.165) is 18.9 Å². The van der Waals surface area contributed by atoms with Gasteiger partial charge in [-0.1, -0.05) is 13.3 Å². The van der Waals surface area contributed by atoms with Gasteiger partial charge in [0.2, 0.25) is 5.91 Å². The molecular formula is C10H20N2O. The molecule has 3 heteroatoms. The molecule has 0 saturated heterocycles. The number of carbonyl (C=O) groups is 1. The average molecular weight is 184 g/mol. The Hall–Kier alpha value is -0.570. The molecule has 1 aliphatic carbocycles. The first-order valence-corrected chi connectivity index (χ1v) is 5.25. The fourth-order valence-corrected chi connectivity index (χ4v) is 1.55. The van der Waals surface area contributed by atoms with Crippen molar-refractivity contribution in [3.63, 3.8) is 0 Å². The lowest BCUT2D eigenvalue weighted by Crippen LogP contribution is -2.38. The summed E-state index contributed by atoms with van der Waals surface area (Å²) >= 11 is 0. The predicted molar refractivity (Wildman–Crippen MR) is 53.2 cm³/mol. The second-order valence-corrected chi connectivity index (χ2v) is 3.88. The zero-order chi connectivity index (χ0) is 9.68. The van der Waals surface area contributed by atoms with Gasteiger partial charge in [0.15, 0.2) is 0 Å². The summed E-state index contributed by atoms with van der Waals surface area (Å²) < 4.78 is 0. The van der Waals surface area contributed by atoms with E-state index in [4.69, 9.17) is 5.73 Å². The fourth-order valence-electron chi connectivity index (χ4n) is 1.55. The van der Waals surface area contributed by atoms with Crippen LogP contribution in [-0.4, -0.2) is 19.0 Å². The van der Waals surface area contributed by atoms with Crippen molar-refractivity contribution in [3.8, 4) is 0 Å². The summed E-state index contributed by atoms with van der Waals surface area (Å²) in [5.74, 6) is 0.885. The van der Waals surface area contributed by atoms with E-state index in [0.29, 0.717) is 6.54 Å². The van der Waals surface area contributed by atoms with Crippen LogP contribution in [0.25, 0.3) is 0 Å². The number of nitrogens with one attached hydrogen (secondary N) is 1. The molecule has 1 rings (SSSR count). The third kappa shape index (κ3) is 2.99. The molecule has 1 amide bonds. The zero-order valence-corrected chi connectivity index (χ0v) is 8.38. The molecule has 13 heavy (non-hydrogen) atoms. The van der Waals surface area contributed by atoms with Crippen LogP contribution in [0.5, 0.6) is 0 Å². The lowest BCUT2D eigenvalue weighted by Gasteiger charge is -2.26. The van der Waals surface area contributed by atoms with Crippen LogP contribution in [0.2, 0.25) is 0 Å². The monoisotopic (exact) mass is 184 g/mol. The molecule has 3 N–H and O–H groups in total. The largest absolute Gasteiger partial charge is 0.356 e. The Morgan fingerprint density at radius 1 is 1.62 bits per heavy atom. The van der Waals surface area contributed by atoms with Crippen molar-refractivity contribution in [2.24, 2.45) is 17.6 Å². The zero-order valence-electron chi connectivity index (χ0n) is 8.38. The molecule has 1 fully saturated rings. The van der Waals surface area contributed by atoms with Crippen LogP contribution in [0.1, 0.15) is 32.6 Å². The second-order valence-electron chi connectivity index (χ2n) is 3.88. The highest BCUT2D eigenvalue weighted by molar-refractivity contribution is 5.78. The Balaban J connectivity index is 2.14. The summed E-state index contributed by atoms with van der Waals surface area (Å²) in [7, 11) is 0. The second kappa shape index (κ2) is 5.22. The van der Waals surface area contributed by atoms with E-state index in [1.54, 1.807) is 0 Å². The van der Waals surface area contributed by atoms with Gasteiger partial charge in [-0.3, -0.25) is 4.79 Å². The van der Waals surface area contributed by atoms with Crippen LogP contribution in [0, 0.1) is 11.8 Å². The SMILES string of the molecule is CCC(CN)C(=O)NCC1CCC1. The van der Waals surface area contributed by atoms with Gasteiger partial charge in [0, 0.05) is 19.0 Å². The summed E-state index contributed by atoms with van der Waals surface area (Å²) in [6, 6.07) is 0. The maximum absolute atomic E-state index is 11.5. The molecule has 1 unspecified atom stereocenters. The van der Waals surface area contributed by atoms with E-state index < -0.39 is 0 Å². The molecule has 0 heterocycles. The highest BCUT2D eigenvalue weighted by Crippen LogP contribution is 2.25. The third-order valence-electron chi connectivity index (χ3n) is 2.94. The minimum absolute atomic E-state index is 0.0140. The lowest BCUT2D eigenvalue weighted by atomic mass is 9.85. The number of amides is 1. The molecule has 0 bridgehead atoms. The van der Waals surface area contributed by atoms with E-state index in [9.17, 15) is 4.79 Å². The van der Waals surface area contributed by atoms with Gasteiger partial charge in [-0.2, -0.15) is 0 Å². The minimum Gasteiger partial charge on any atom is -0.356 e. The van der Waals surface area contributed by atoms with Gasteiger partial charge >= 0.3 is 0 Å². The molecular weight excluding hydrogens is 164 g/mol. The van der Waals surface area contributed by atoms with E-state index in [2.05, 4.69) is 5.32 Å². The van der Waals surface area contributed by atoms with Crippen LogP contribution in [-0.2, 0) is 4.79 Å². The molecule has 3 nitrogen and oxygen atoms in total. The van der Waals surface area contributed by atoms with Crippen LogP contribution in [0.4, 0.5) is 0 Å². The Labute approximate surface area is 80.1 Å². The maximum atomic E-state index is 11.5. The van der Waals surface area contributed by atoms with Gasteiger partial charge in [0.25, 0.3) is 0 Å². The summed E-state index contributed by atoms with van der Waals surface area (Å²) in [5.41, 5.74) is 5.48. The van der Waals surface area contributed by atoms with Gasteiger partial charge in [0.1, 0.15) is 0 Å². The van der Waals surface area contributed by atoms with Crippen molar-refractivity contribution in [2.75, 3.05) is 13.1 Å². The highest BCUT2D eigenvalue weighted by Gasteiger charge is 2.20. The number of carbonyl (C=O) groups excluding carboxylic acids is 1. The van der Waals surface area contributed by atoms with Gasteiger partial charge in [-0.15, -0.1) is 0 Å². The Bertz CT molecular complexity index is 162. The highest BCUT2D eigenvalue weighted by atomic mass is 16.1. The number of hydrogen-bond acceptors (Lipinski definition) is 2. The summed E-state index contributed by atoms with van der Waals surface area (Å²) in [6.45, 7) is 3.32. The van der Waals surface area contributed by atoms with Crippen molar-refractivity contribution < 1.29 is 4.79 Å². The Morgan fingerprint density at radius 2 is 2.31 bits per heavy atom. The average Bonchev–Trinajstić information content (AvgIpc) is 2.04. The topological polar surface area (TPSA) is 55.1 Å². The van der Waals surface area contributed by atoms with Crippen LogP contribution in [0.3, 0.4) is 0 Å². The number of nitrogens with two attached hydrogens (primary N) is 1. The normalized spacial score (nSPS) is 19.2. The molecule has 76 valence electrons. The van der Waals surface area contributed by atoms with E-state index in [1.807, 2.05) is 6.92 Å².